The van der Waals surface area contributed by atoms with E-state index in [2.05, 4.69) is 53.7 Å². The van der Waals surface area contributed by atoms with Crippen LogP contribution in [-0.2, 0) is 9.53 Å². The Hall–Kier alpha value is -1.31. The van der Waals surface area contributed by atoms with Crippen LogP contribution in [0.5, 0.6) is 0 Å². The lowest BCUT2D eigenvalue weighted by atomic mass is 9.99. The van der Waals surface area contributed by atoms with Crippen LogP contribution in [0.1, 0.15) is 44.7 Å². The molecule has 0 saturated heterocycles. The third-order valence-corrected chi connectivity index (χ3v) is 3.23. The summed E-state index contributed by atoms with van der Waals surface area (Å²) in [6, 6.07) is 8.46. The number of carbonyl (C=O) groups is 1. The van der Waals surface area contributed by atoms with Crippen molar-refractivity contribution in [1.29, 1.82) is 0 Å². The van der Waals surface area contributed by atoms with Crippen molar-refractivity contribution in [3.63, 3.8) is 0 Å². The molecule has 0 amide bonds. The minimum absolute atomic E-state index is 0. The molecule has 0 aliphatic carbocycles. The van der Waals surface area contributed by atoms with Crippen molar-refractivity contribution in [3.8, 4) is 0 Å². The molecule has 0 fully saturated rings. The van der Waals surface area contributed by atoms with Crippen LogP contribution in [0.3, 0.4) is 0 Å². The number of hydrogen-bond donors (Lipinski definition) is 2. The van der Waals surface area contributed by atoms with Crippen molar-refractivity contribution in [1.82, 2.24) is 10.6 Å². The monoisotopic (exact) mass is 447 g/mol. The average Bonchev–Trinajstić information content (AvgIpc) is 2.45. The summed E-state index contributed by atoms with van der Waals surface area (Å²) in [5.41, 5.74) is 2.05. The van der Waals surface area contributed by atoms with Gasteiger partial charge in [-0.15, -0.1) is 24.0 Å². The van der Waals surface area contributed by atoms with Gasteiger partial charge in [0.1, 0.15) is 12.1 Å². The Balaban J connectivity index is 0.00000529. The molecule has 6 heteroatoms. The second-order valence-corrected chi connectivity index (χ2v) is 6.71. The molecule has 1 aromatic carbocycles. The van der Waals surface area contributed by atoms with Gasteiger partial charge in [-0.2, -0.15) is 0 Å². The predicted octanol–water partition coefficient (Wildman–Crippen LogP) is 3.22. The molecule has 1 aromatic rings. The van der Waals surface area contributed by atoms with E-state index >= 15 is 0 Å². The van der Waals surface area contributed by atoms with E-state index in [9.17, 15) is 4.79 Å². The molecule has 0 heterocycles. The zero-order valence-corrected chi connectivity index (χ0v) is 17.8. The molecular weight excluding hydrogens is 417 g/mol. The molecule has 0 saturated carbocycles. The zero-order chi connectivity index (χ0) is 17.5. The number of nitrogens with zero attached hydrogens (tertiary/aromatic N) is 1. The van der Waals surface area contributed by atoms with Crippen molar-refractivity contribution < 1.29 is 9.53 Å². The molecule has 2 N–H and O–H groups in total. The van der Waals surface area contributed by atoms with Crippen LogP contribution in [0.4, 0.5) is 0 Å². The molecule has 0 radical (unpaired) electrons. The first-order valence-electron chi connectivity index (χ1n) is 7.94. The van der Waals surface area contributed by atoms with E-state index in [1.165, 1.54) is 11.1 Å². The summed E-state index contributed by atoms with van der Waals surface area (Å²) in [5, 5.41) is 6.21. The summed E-state index contributed by atoms with van der Waals surface area (Å²) >= 11 is 0. The van der Waals surface area contributed by atoms with Crippen LogP contribution in [-0.4, -0.2) is 37.7 Å². The zero-order valence-electron chi connectivity index (χ0n) is 15.5. The van der Waals surface area contributed by atoms with Gasteiger partial charge in [0.05, 0.1) is 0 Å². The van der Waals surface area contributed by atoms with Gasteiger partial charge in [-0.05, 0) is 39.2 Å². The van der Waals surface area contributed by atoms with Gasteiger partial charge in [0.15, 0.2) is 5.96 Å². The summed E-state index contributed by atoms with van der Waals surface area (Å²) in [6.07, 6.45) is 0. The lowest BCUT2D eigenvalue weighted by molar-refractivity contribution is -0.153. The van der Waals surface area contributed by atoms with Crippen LogP contribution in [0, 0.1) is 6.92 Å². The van der Waals surface area contributed by atoms with Crippen LogP contribution >= 0.6 is 24.0 Å². The van der Waals surface area contributed by atoms with Crippen molar-refractivity contribution in [2.24, 2.45) is 4.99 Å². The number of hydrogen-bond acceptors (Lipinski definition) is 3. The number of rotatable bonds is 5. The highest BCUT2D eigenvalue weighted by Gasteiger charge is 2.16. The summed E-state index contributed by atoms with van der Waals surface area (Å²) in [4.78, 5) is 15.8. The Morgan fingerprint density at radius 3 is 2.50 bits per heavy atom. The van der Waals surface area contributed by atoms with Gasteiger partial charge in [-0.1, -0.05) is 36.8 Å². The SMILES string of the molecule is CN=C(NCC(=O)OC(C)(C)C)NCC(C)c1cccc(C)c1.I. The topological polar surface area (TPSA) is 62.7 Å². The number of esters is 1. The highest BCUT2D eigenvalue weighted by atomic mass is 127. The van der Waals surface area contributed by atoms with Crippen molar-refractivity contribution in [2.75, 3.05) is 20.1 Å². The lowest BCUT2D eigenvalue weighted by Gasteiger charge is -2.20. The molecule has 1 atom stereocenters. The number of aliphatic imine (C=N–C) groups is 1. The van der Waals surface area contributed by atoms with Gasteiger partial charge in [0, 0.05) is 13.6 Å². The van der Waals surface area contributed by atoms with E-state index in [1.807, 2.05) is 20.8 Å². The molecule has 0 bridgehead atoms. The fraction of sp³-hybridized carbons (Fsp3) is 0.556. The van der Waals surface area contributed by atoms with E-state index in [-0.39, 0.29) is 36.5 Å². The Bertz CT molecular complexity index is 553. The Labute approximate surface area is 162 Å². The molecule has 1 rings (SSSR count). The van der Waals surface area contributed by atoms with Gasteiger partial charge < -0.3 is 15.4 Å². The minimum Gasteiger partial charge on any atom is -0.459 e. The maximum absolute atomic E-state index is 11.7. The van der Waals surface area contributed by atoms with Crippen LogP contribution in [0.15, 0.2) is 29.3 Å². The number of ether oxygens (including phenoxy) is 1. The predicted molar refractivity (Wildman–Crippen MR) is 110 cm³/mol. The van der Waals surface area contributed by atoms with E-state index in [0.29, 0.717) is 11.9 Å². The van der Waals surface area contributed by atoms with Crippen LogP contribution in [0.2, 0.25) is 0 Å². The third-order valence-electron chi connectivity index (χ3n) is 3.23. The summed E-state index contributed by atoms with van der Waals surface area (Å²) < 4.78 is 5.26. The van der Waals surface area contributed by atoms with Crippen molar-refractivity contribution in [2.45, 2.75) is 46.1 Å². The maximum Gasteiger partial charge on any atom is 0.325 e. The lowest BCUT2D eigenvalue weighted by Crippen LogP contribution is -2.42. The number of aryl methyl sites for hydroxylation is 1. The summed E-state index contributed by atoms with van der Waals surface area (Å²) in [6.45, 7) is 10.6. The standard InChI is InChI=1S/C18H29N3O2.HI/c1-13-8-7-9-15(10-13)14(2)11-20-17(19-6)21-12-16(22)23-18(3,4)5;/h7-10,14H,11-12H2,1-6H3,(H2,19,20,21);1H. The highest BCUT2D eigenvalue weighted by molar-refractivity contribution is 14.0. The third kappa shape index (κ3) is 9.10. The quantitative estimate of drug-likeness (QED) is 0.315. The molecule has 5 nitrogen and oxygen atoms in total. The Morgan fingerprint density at radius 1 is 1.29 bits per heavy atom. The Kier molecular flexibility index (Phi) is 9.96. The van der Waals surface area contributed by atoms with E-state index in [1.54, 1.807) is 7.05 Å². The summed E-state index contributed by atoms with van der Waals surface area (Å²) in [5.74, 6) is 0.637. The van der Waals surface area contributed by atoms with Gasteiger partial charge >= 0.3 is 5.97 Å². The first-order chi connectivity index (χ1) is 10.7. The highest BCUT2D eigenvalue weighted by Crippen LogP contribution is 2.15. The van der Waals surface area contributed by atoms with E-state index < -0.39 is 5.60 Å². The molecule has 24 heavy (non-hydrogen) atoms. The van der Waals surface area contributed by atoms with E-state index in [0.717, 1.165) is 6.54 Å². The molecule has 0 aliphatic rings. The smallest absolute Gasteiger partial charge is 0.325 e. The van der Waals surface area contributed by atoms with Gasteiger partial charge in [0.2, 0.25) is 0 Å². The molecule has 0 aliphatic heterocycles. The van der Waals surface area contributed by atoms with Crippen LogP contribution < -0.4 is 10.6 Å². The van der Waals surface area contributed by atoms with Crippen LogP contribution in [0.25, 0.3) is 0 Å². The number of nitrogens with one attached hydrogen (secondary N) is 2. The first kappa shape index (κ1) is 22.7. The van der Waals surface area contributed by atoms with Crippen molar-refractivity contribution in [3.05, 3.63) is 35.4 Å². The largest absolute Gasteiger partial charge is 0.459 e. The minimum atomic E-state index is -0.477. The van der Waals surface area contributed by atoms with Crippen molar-refractivity contribution >= 4 is 35.9 Å². The second-order valence-electron chi connectivity index (χ2n) is 6.71. The molecule has 136 valence electrons. The number of carbonyl (C=O) groups excluding carboxylic acids is 1. The van der Waals surface area contributed by atoms with Gasteiger partial charge in [-0.25, -0.2) is 0 Å². The number of benzene rings is 1. The van der Waals surface area contributed by atoms with E-state index in [4.69, 9.17) is 4.74 Å². The van der Waals surface area contributed by atoms with Gasteiger partial charge in [0.25, 0.3) is 0 Å². The Morgan fingerprint density at radius 2 is 1.96 bits per heavy atom. The first-order valence-corrected chi connectivity index (χ1v) is 7.94. The number of halogens is 1. The van der Waals surface area contributed by atoms with Gasteiger partial charge in [-0.3, -0.25) is 9.79 Å². The number of guanidine groups is 1. The second kappa shape index (κ2) is 10.5. The molecule has 0 aromatic heterocycles. The normalized spacial score (nSPS) is 12.8. The molecule has 0 spiro atoms. The fourth-order valence-electron chi connectivity index (χ4n) is 2.10. The average molecular weight is 447 g/mol. The summed E-state index contributed by atoms with van der Waals surface area (Å²) in [7, 11) is 1.68. The fourth-order valence-corrected chi connectivity index (χ4v) is 2.10. The molecule has 1 unspecified atom stereocenters. The molecular formula is C18H30IN3O2. The maximum atomic E-state index is 11.7.